The average Bonchev–Trinajstić information content (AvgIpc) is 2.68. The van der Waals surface area contributed by atoms with Crippen molar-refractivity contribution < 1.29 is 18.1 Å². The van der Waals surface area contributed by atoms with Crippen molar-refractivity contribution in [1.82, 2.24) is 14.5 Å². The molecule has 1 heterocycles. The number of guanidine groups is 1. The number of non-ortho nitro benzene ring substituents is 1. The number of nitro groups is 1. The molecule has 1 aliphatic heterocycles. The third-order valence-electron chi connectivity index (χ3n) is 4.51. The van der Waals surface area contributed by atoms with Crippen LogP contribution in [0.1, 0.15) is 19.4 Å². The molecular weight excluding hydrogens is 525 g/mol. The third kappa shape index (κ3) is 7.96. The van der Waals surface area contributed by atoms with E-state index in [-0.39, 0.29) is 48.1 Å². The van der Waals surface area contributed by atoms with E-state index in [0.29, 0.717) is 38.7 Å². The van der Waals surface area contributed by atoms with Crippen molar-refractivity contribution in [1.29, 1.82) is 0 Å². The Morgan fingerprint density at radius 2 is 1.97 bits per heavy atom. The maximum atomic E-state index is 12.4. The molecule has 12 heteroatoms. The van der Waals surface area contributed by atoms with E-state index in [9.17, 15) is 18.5 Å². The highest BCUT2D eigenvalue weighted by Crippen LogP contribution is 2.13. The Kier molecular flexibility index (Phi) is 10.9. The highest BCUT2D eigenvalue weighted by Gasteiger charge is 2.28. The van der Waals surface area contributed by atoms with Crippen molar-refractivity contribution in [2.24, 2.45) is 4.99 Å². The van der Waals surface area contributed by atoms with Crippen LogP contribution in [-0.4, -0.2) is 80.2 Å². The topological polar surface area (TPSA) is 117 Å². The molecule has 170 valence electrons. The number of benzene rings is 1. The van der Waals surface area contributed by atoms with E-state index in [1.807, 2.05) is 18.7 Å². The fourth-order valence-corrected chi connectivity index (χ4v) is 4.27. The molecule has 0 aliphatic carbocycles. The van der Waals surface area contributed by atoms with Crippen LogP contribution in [0.4, 0.5) is 5.69 Å². The molecule has 0 amide bonds. The van der Waals surface area contributed by atoms with Crippen LogP contribution in [0.2, 0.25) is 0 Å². The summed E-state index contributed by atoms with van der Waals surface area (Å²) < 4.78 is 31.7. The van der Waals surface area contributed by atoms with Crippen LogP contribution in [0, 0.1) is 10.1 Å². The lowest BCUT2D eigenvalue weighted by molar-refractivity contribution is -0.384. The summed E-state index contributed by atoms with van der Waals surface area (Å²) in [6.45, 7) is 6.10. The summed E-state index contributed by atoms with van der Waals surface area (Å²) in [5.41, 5.74) is 0.811. The van der Waals surface area contributed by atoms with Gasteiger partial charge in [0.15, 0.2) is 5.96 Å². The maximum Gasteiger partial charge on any atom is 0.269 e. The lowest BCUT2D eigenvalue weighted by Crippen LogP contribution is -2.54. The summed E-state index contributed by atoms with van der Waals surface area (Å²) in [4.78, 5) is 16.7. The Morgan fingerprint density at radius 1 is 1.30 bits per heavy atom. The number of rotatable bonds is 8. The van der Waals surface area contributed by atoms with Gasteiger partial charge in [0, 0.05) is 51.9 Å². The number of sulfonamides is 1. The zero-order chi connectivity index (χ0) is 21.4. The van der Waals surface area contributed by atoms with Crippen molar-refractivity contribution in [2.75, 3.05) is 45.6 Å². The summed E-state index contributed by atoms with van der Waals surface area (Å²) >= 11 is 0. The molecule has 1 aliphatic rings. The zero-order valence-corrected chi connectivity index (χ0v) is 20.6. The van der Waals surface area contributed by atoms with Crippen LogP contribution >= 0.6 is 24.0 Å². The molecule has 2 rings (SSSR count). The quantitative estimate of drug-likeness (QED) is 0.171. The Balaban J connectivity index is 0.00000450. The van der Waals surface area contributed by atoms with E-state index in [1.165, 1.54) is 16.4 Å². The monoisotopic (exact) mass is 555 g/mol. The molecular formula is C18H30IN5O5S. The van der Waals surface area contributed by atoms with E-state index in [2.05, 4.69) is 10.3 Å². The standard InChI is InChI=1S/C18H29N5O5S.HI/c1-15(2)28-11-12-29(26,27)22-9-7-21(8-10-22)18(19-3)20-14-16-5-4-6-17(13-16)23(24)25;/h4-6,13,15H,7-12,14H2,1-3H3,(H,19,20);1H. The molecule has 0 spiro atoms. The molecule has 0 radical (unpaired) electrons. The van der Waals surface area contributed by atoms with Gasteiger partial charge in [-0.15, -0.1) is 24.0 Å². The first-order valence-corrected chi connectivity index (χ1v) is 11.1. The Hall–Kier alpha value is -1.51. The SMILES string of the molecule is CN=C(NCc1cccc([N+](=O)[O-])c1)N1CCN(S(=O)(=O)CCOC(C)C)CC1.I. The first-order valence-electron chi connectivity index (χ1n) is 9.51. The summed E-state index contributed by atoms with van der Waals surface area (Å²) in [5.74, 6) is 0.613. The molecule has 0 bridgehead atoms. The van der Waals surface area contributed by atoms with Crippen molar-refractivity contribution in [3.05, 3.63) is 39.9 Å². The molecule has 1 aromatic carbocycles. The van der Waals surface area contributed by atoms with Crippen LogP contribution in [0.25, 0.3) is 0 Å². The minimum atomic E-state index is -3.35. The second kappa shape index (κ2) is 12.4. The minimum Gasteiger partial charge on any atom is -0.378 e. The van der Waals surface area contributed by atoms with Crippen LogP contribution < -0.4 is 5.32 Å². The zero-order valence-electron chi connectivity index (χ0n) is 17.5. The molecule has 0 atom stereocenters. The van der Waals surface area contributed by atoms with Gasteiger partial charge in [-0.1, -0.05) is 12.1 Å². The second-order valence-electron chi connectivity index (χ2n) is 6.95. The minimum absolute atomic E-state index is 0. The highest BCUT2D eigenvalue weighted by molar-refractivity contribution is 14.0. The smallest absolute Gasteiger partial charge is 0.269 e. The van der Waals surface area contributed by atoms with Gasteiger partial charge in [-0.3, -0.25) is 15.1 Å². The van der Waals surface area contributed by atoms with Gasteiger partial charge in [0.2, 0.25) is 10.0 Å². The molecule has 0 saturated carbocycles. The first kappa shape index (κ1) is 26.5. The van der Waals surface area contributed by atoms with Crippen LogP contribution in [-0.2, 0) is 21.3 Å². The van der Waals surface area contributed by atoms with Gasteiger partial charge >= 0.3 is 0 Å². The molecule has 30 heavy (non-hydrogen) atoms. The Morgan fingerprint density at radius 3 is 2.53 bits per heavy atom. The number of nitrogens with one attached hydrogen (secondary N) is 1. The number of hydrogen-bond acceptors (Lipinski definition) is 6. The normalized spacial score (nSPS) is 15.7. The number of nitrogens with zero attached hydrogens (tertiary/aromatic N) is 4. The third-order valence-corrected chi connectivity index (χ3v) is 6.34. The second-order valence-corrected chi connectivity index (χ2v) is 9.04. The lowest BCUT2D eigenvalue weighted by Gasteiger charge is -2.35. The maximum absolute atomic E-state index is 12.4. The van der Waals surface area contributed by atoms with Crippen LogP contribution in [0.15, 0.2) is 29.3 Å². The van der Waals surface area contributed by atoms with E-state index < -0.39 is 14.9 Å². The predicted molar refractivity (Wildman–Crippen MR) is 127 cm³/mol. The van der Waals surface area contributed by atoms with Gasteiger partial charge in [0.1, 0.15) is 0 Å². The fourth-order valence-electron chi connectivity index (χ4n) is 2.99. The Labute approximate surface area is 194 Å². The number of halogens is 1. The van der Waals surface area contributed by atoms with Crippen LogP contribution in [0.5, 0.6) is 0 Å². The van der Waals surface area contributed by atoms with Crippen molar-refractivity contribution in [3.63, 3.8) is 0 Å². The molecule has 1 N–H and O–H groups in total. The highest BCUT2D eigenvalue weighted by atomic mass is 127. The lowest BCUT2D eigenvalue weighted by atomic mass is 10.2. The number of hydrogen-bond donors (Lipinski definition) is 1. The summed E-state index contributed by atoms with van der Waals surface area (Å²) in [7, 11) is -1.69. The van der Waals surface area contributed by atoms with Gasteiger partial charge in [-0.2, -0.15) is 4.31 Å². The van der Waals surface area contributed by atoms with E-state index in [0.717, 1.165) is 5.56 Å². The molecule has 1 saturated heterocycles. The van der Waals surface area contributed by atoms with E-state index in [1.54, 1.807) is 19.2 Å². The van der Waals surface area contributed by atoms with Gasteiger partial charge in [-0.05, 0) is 19.4 Å². The number of nitro benzene ring substituents is 1. The first-order chi connectivity index (χ1) is 13.7. The molecule has 10 nitrogen and oxygen atoms in total. The van der Waals surface area contributed by atoms with Crippen LogP contribution in [0.3, 0.4) is 0 Å². The fraction of sp³-hybridized carbons (Fsp3) is 0.611. The van der Waals surface area contributed by atoms with Gasteiger partial charge in [0.05, 0.1) is 23.4 Å². The predicted octanol–water partition coefficient (Wildman–Crippen LogP) is 1.66. The van der Waals surface area contributed by atoms with Gasteiger partial charge < -0.3 is 15.0 Å². The van der Waals surface area contributed by atoms with E-state index in [4.69, 9.17) is 4.74 Å². The molecule has 0 unspecified atom stereocenters. The molecule has 1 fully saturated rings. The largest absolute Gasteiger partial charge is 0.378 e. The average molecular weight is 555 g/mol. The van der Waals surface area contributed by atoms with Gasteiger partial charge in [0.25, 0.3) is 5.69 Å². The molecule has 1 aromatic rings. The van der Waals surface area contributed by atoms with Crippen molar-refractivity contribution in [3.8, 4) is 0 Å². The number of aliphatic imine (C=N–C) groups is 1. The molecule has 0 aromatic heterocycles. The van der Waals surface area contributed by atoms with Gasteiger partial charge in [-0.25, -0.2) is 8.42 Å². The summed E-state index contributed by atoms with van der Waals surface area (Å²) in [6.07, 6.45) is 0.00231. The summed E-state index contributed by atoms with van der Waals surface area (Å²) in [6, 6.07) is 6.41. The Bertz CT molecular complexity index is 826. The van der Waals surface area contributed by atoms with Crippen molar-refractivity contribution >= 4 is 45.6 Å². The number of ether oxygens (including phenoxy) is 1. The summed E-state index contributed by atoms with van der Waals surface area (Å²) in [5, 5.41) is 14.1. The van der Waals surface area contributed by atoms with Crippen molar-refractivity contribution in [2.45, 2.75) is 26.5 Å². The van der Waals surface area contributed by atoms with E-state index >= 15 is 0 Å². The number of piperazine rings is 1.